The third-order valence-electron chi connectivity index (χ3n) is 4.47. The minimum absolute atomic E-state index is 0.00250. The van der Waals surface area contributed by atoms with Gasteiger partial charge in [0.1, 0.15) is 5.78 Å². The number of fused-ring (bicyclic) bond motifs is 2. The van der Waals surface area contributed by atoms with Gasteiger partial charge in [-0.3, -0.25) is 9.59 Å². The van der Waals surface area contributed by atoms with Gasteiger partial charge in [0.2, 0.25) is 5.78 Å². The molecule has 4 heteroatoms. The van der Waals surface area contributed by atoms with Crippen LogP contribution in [0.25, 0.3) is 0 Å². The Morgan fingerprint density at radius 3 is 2.47 bits per heavy atom. The van der Waals surface area contributed by atoms with E-state index in [1.165, 1.54) is 0 Å². The maximum Gasteiger partial charge on any atom is 0.375 e. The minimum atomic E-state index is -0.857. The van der Waals surface area contributed by atoms with Gasteiger partial charge in [-0.25, -0.2) is 4.79 Å². The van der Waals surface area contributed by atoms with Gasteiger partial charge in [-0.1, -0.05) is 13.8 Å². The van der Waals surface area contributed by atoms with Crippen molar-refractivity contribution in [3.63, 3.8) is 0 Å². The van der Waals surface area contributed by atoms with Crippen LogP contribution in [0.5, 0.6) is 0 Å². The molecule has 3 unspecified atom stereocenters. The van der Waals surface area contributed by atoms with Crippen LogP contribution in [-0.2, 0) is 19.1 Å². The summed E-state index contributed by atoms with van der Waals surface area (Å²) in [7, 11) is 0. The highest BCUT2D eigenvalue weighted by Crippen LogP contribution is 2.59. The molecule has 0 amide bonds. The van der Waals surface area contributed by atoms with Crippen molar-refractivity contribution in [2.45, 2.75) is 33.6 Å². The summed E-state index contributed by atoms with van der Waals surface area (Å²) in [5.41, 5.74) is 0.00250. The van der Waals surface area contributed by atoms with E-state index in [-0.39, 0.29) is 23.7 Å². The Morgan fingerprint density at radius 1 is 1.35 bits per heavy atom. The molecule has 0 aliphatic heterocycles. The van der Waals surface area contributed by atoms with Crippen molar-refractivity contribution in [3.8, 4) is 0 Å². The van der Waals surface area contributed by atoms with Gasteiger partial charge in [0.15, 0.2) is 0 Å². The number of ether oxygens (including phenoxy) is 1. The zero-order valence-electron chi connectivity index (χ0n) is 10.5. The van der Waals surface area contributed by atoms with Gasteiger partial charge in [-0.15, -0.1) is 0 Å². The summed E-state index contributed by atoms with van der Waals surface area (Å²) in [5, 5.41) is 0. The number of rotatable bonds is 3. The monoisotopic (exact) mass is 238 g/mol. The fraction of sp³-hybridized carbons (Fsp3) is 0.769. The predicted molar refractivity (Wildman–Crippen MR) is 60.1 cm³/mol. The van der Waals surface area contributed by atoms with E-state index in [2.05, 4.69) is 18.6 Å². The number of hydrogen-bond donors (Lipinski definition) is 0. The highest BCUT2D eigenvalue weighted by atomic mass is 16.5. The van der Waals surface area contributed by atoms with Gasteiger partial charge in [-0.05, 0) is 31.1 Å². The summed E-state index contributed by atoms with van der Waals surface area (Å²) in [5.74, 6) is -1.98. The summed E-state index contributed by atoms with van der Waals surface area (Å²) >= 11 is 0. The molecule has 2 bridgehead atoms. The number of hydrogen-bond acceptors (Lipinski definition) is 4. The maximum atomic E-state index is 12.1. The number of Topliss-reactive ketones (excluding diaryl/α,β-unsaturated/α-hetero) is 2. The SMILES string of the molecule is CCOC(=O)C(=O)C1CC2CC(C1=O)C2(C)C. The quantitative estimate of drug-likeness (QED) is 0.423. The number of ketones is 2. The van der Waals surface area contributed by atoms with Gasteiger partial charge >= 0.3 is 5.97 Å². The lowest BCUT2D eigenvalue weighted by Crippen LogP contribution is -2.58. The van der Waals surface area contributed by atoms with E-state index in [0.29, 0.717) is 12.3 Å². The van der Waals surface area contributed by atoms with Crippen LogP contribution >= 0.6 is 0 Å². The second-order valence-electron chi connectivity index (χ2n) is 5.58. The molecular formula is C13H18O4. The van der Waals surface area contributed by atoms with Crippen LogP contribution in [-0.4, -0.2) is 24.1 Å². The zero-order chi connectivity index (χ0) is 12.8. The third-order valence-corrected chi connectivity index (χ3v) is 4.47. The fourth-order valence-corrected chi connectivity index (χ4v) is 3.12. The molecule has 3 saturated carbocycles. The van der Waals surface area contributed by atoms with Gasteiger partial charge < -0.3 is 4.74 Å². The van der Waals surface area contributed by atoms with Crippen LogP contribution in [0.1, 0.15) is 33.6 Å². The predicted octanol–water partition coefficient (Wildman–Crippen LogP) is 1.37. The summed E-state index contributed by atoms with van der Waals surface area (Å²) in [4.78, 5) is 35.2. The first-order chi connectivity index (χ1) is 7.89. The van der Waals surface area contributed by atoms with Crippen LogP contribution in [0.15, 0.2) is 0 Å². The smallest absolute Gasteiger partial charge is 0.375 e. The lowest BCUT2D eigenvalue weighted by molar-refractivity contribution is -0.168. The minimum Gasteiger partial charge on any atom is -0.460 e. The molecule has 0 aromatic rings. The Labute approximate surface area is 101 Å². The van der Waals surface area contributed by atoms with Crippen molar-refractivity contribution >= 4 is 17.5 Å². The molecule has 0 heterocycles. The average molecular weight is 238 g/mol. The van der Waals surface area contributed by atoms with Crippen molar-refractivity contribution < 1.29 is 19.1 Å². The first kappa shape index (κ1) is 12.3. The molecule has 94 valence electrons. The molecular weight excluding hydrogens is 220 g/mol. The maximum absolute atomic E-state index is 12.1. The Kier molecular flexibility index (Phi) is 2.84. The molecule has 4 nitrogen and oxygen atoms in total. The van der Waals surface area contributed by atoms with Crippen LogP contribution < -0.4 is 0 Å². The van der Waals surface area contributed by atoms with E-state index < -0.39 is 17.7 Å². The molecule has 3 fully saturated rings. The molecule has 3 aliphatic rings. The third kappa shape index (κ3) is 1.70. The van der Waals surface area contributed by atoms with Crippen LogP contribution in [0.4, 0.5) is 0 Å². The summed E-state index contributed by atoms with van der Waals surface area (Å²) in [6.45, 7) is 5.95. The Hall–Kier alpha value is -1.19. The molecule has 0 spiro atoms. The van der Waals surface area contributed by atoms with Crippen molar-refractivity contribution in [3.05, 3.63) is 0 Å². The summed E-state index contributed by atoms with van der Waals surface area (Å²) < 4.78 is 4.67. The fourth-order valence-electron chi connectivity index (χ4n) is 3.12. The van der Waals surface area contributed by atoms with E-state index >= 15 is 0 Å². The molecule has 0 aromatic heterocycles. The van der Waals surface area contributed by atoms with Crippen molar-refractivity contribution in [2.24, 2.45) is 23.2 Å². The van der Waals surface area contributed by atoms with E-state index in [1.807, 2.05) is 0 Å². The molecule has 3 rings (SSSR count). The second kappa shape index (κ2) is 3.93. The Morgan fingerprint density at radius 2 is 2.00 bits per heavy atom. The summed E-state index contributed by atoms with van der Waals surface area (Å²) in [6.07, 6.45) is 1.39. The Balaban J connectivity index is 2.09. The molecule has 0 saturated heterocycles. The normalized spacial score (nSPS) is 33.8. The van der Waals surface area contributed by atoms with Crippen LogP contribution in [0.3, 0.4) is 0 Å². The van der Waals surface area contributed by atoms with Gasteiger partial charge in [0.25, 0.3) is 0 Å². The molecule has 0 aromatic carbocycles. The first-order valence-electron chi connectivity index (χ1n) is 6.14. The number of carbonyl (C=O) groups is 3. The van der Waals surface area contributed by atoms with Crippen molar-refractivity contribution in [1.29, 1.82) is 0 Å². The standard InChI is InChI=1S/C13H18O4/c1-4-17-12(16)11(15)8-5-7-6-9(10(8)14)13(7,2)3/h7-9H,4-6H2,1-3H3. The van der Waals surface area contributed by atoms with Crippen LogP contribution in [0, 0.1) is 23.2 Å². The largest absolute Gasteiger partial charge is 0.460 e. The second-order valence-corrected chi connectivity index (χ2v) is 5.58. The van der Waals surface area contributed by atoms with E-state index in [4.69, 9.17) is 0 Å². The van der Waals surface area contributed by atoms with Gasteiger partial charge in [-0.2, -0.15) is 0 Å². The molecule has 3 aliphatic carbocycles. The first-order valence-corrected chi connectivity index (χ1v) is 6.14. The lowest BCUT2D eigenvalue weighted by atomic mass is 9.46. The molecule has 17 heavy (non-hydrogen) atoms. The van der Waals surface area contributed by atoms with Crippen molar-refractivity contribution in [2.75, 3.05) is 6.61 Å². The molecule has 0 N–H and O–H groups in total. The van der Waals surface area contributed by atoms with E-state index in [9.17, 15) is 14.4 Å². The van der Waals surface area contributed by atoms with E-state index in [1.54, 1.807) is 6.92 Å². The average Bonchev–Trinajstić information content (AvgIpc) is 2.27. The molecule has 0 radical (unpaired) electrons. The van der Waals surface area contributed by atoms with E-state index in [0.717, 1.165) is 6.42 Å². The van der Waals surface area contributed by atoms with Gasteiger partial charge in [0.05, 0.1) is 12.5 Å². The molecule has 3 atom stereocenters. The highest BCUT2D eigenvalue weighted by molar-refractivity contribution is 6.38. The highest BCUT2D eigenvalue weighted by Gasteiger charge is 2.59. The lowest BCUT2D eigenvalue weighted by Gasteiger charge is -2.57. The topological polar surface area (TPSA) is 60.4 Å². The number of esters is 1. The Bertz CT molecular complexity index is 383. The summed E-state index contributed by atoms with van der Waals surface area (Å²) in [6, 6.07) is 0. The van der Waals surface area contributed by atoms with Gasteiger partial charge in [0, 0.05) is 5.92 Å². The number of carbonyl (C=O) groups excluding carboxylic acids is 3. The van der Waals surface area contributed by atoms with Crippen molar-refractivity contribution in [1.82, 2.24) is 0 Å². The zero-order valence-corrected chi connectivity index (χ0v) is 10.5. The van der Waals surface area contributed by atoms with Crippen LogP contribution in [0.2, 0.25) is 0 Å².